The molecule has 18 heteroatoms. The van der Waals surface area contributed by atoms with Crippen molar-refractivity contribution in [3.63, 3.8) is 0 Å². The molecule has 0 fully saturated rings. The summed E-state index contributed by atoms with van der Waals surface area (Å²) >= 11 is 0. The van der Waals surface area contributed by atoms with Gasteiger partial charge in [0.1, 0.15) is 18.2 Å². The molecule has 0 aliphatic rings. The van der Waals surface area contributed by atoms with Crippen molar-refractivity contribution in [3.8, 4) is 17.0 Å². The Kier molecular flexibility index (Phi) is 10.4. The fraction of sp³-hybridized carbons (Fsp3) is 0.481. The molecule has 15 nitrogen and oxygen atoms in total. The number of aromatic nitrogens is 6. The zero-order valence-corrected chi connectivity index (χ0v) is 27.7. The summed E-state index contributed by atoms with van der Waals surface area (Å²) in [5.74, 6) is -0.433. The number of sulfonamides is 1. The fourth-order valence-electron chi connectivity index (χ4n) is 4.36. The van der Waals surface area contributed by atoms with Gasteiger partial charge in [-0.3, -0.25) is 4.18 Å². The molecule has 0 radical (unpaired) electrons. The molecule has 0 aliphatic carbocycles. The Morgan fingerprint density at radius 2 is 1.89 bits per heavy atom. The summed E-state index contributed by atoms with van der Waals surface area (Å²) in [6.07, 6.45) is 5.40. The van der Waals surface area contributed by atoms with Gasteiger partial charge in [-0.15, -0.1) is 5.10 Å². The van der Waals surface area contributed by atoms with E-state index >= 15 is 4.39 Å². The van der Waals surface area contributed by atoms with Gasteiger partial charge < -0.3 is 14.8 Å². The first-order chi connectivity index (χ1) is 21.1. The van der Waals surface area contributed by atoms with Crippen LogP contribution in [0.5, 0.6) is 5.75 Å². The third-order valence-electron chi connectivity index (χ3n) is 6.54. The maximum Gasteiger partial charge on any atom is 0.264 e. The van der Waals surface area contributed by atoms with Crippen LogP contribution in [0.2, 0.25) is 0 Å². The van der Waals surface area contributed by atoms with Gasteiger partial charge in [0.05, 0.1) is 35.7 Å². The van der Waals surface area contributed by atoms with Gasteiger partial charge in [-0.05, 0) is 53.2 Å². The van der Waals surface area contributed by atoms with Crippen LogP contribution in [0.4, 0.5) is 16.0 Å². The molecule has 3 heterocycles. The minimum Gasteiger partial charge on any atom is -0.485 e. The molecule has 1 atom stereocenters. The van der Waals surface area contributed by atoms with Crippen molar-refractivity contribution in [2.75, 3.05) is 38.4 Å². The molecule has 0 saturated heterocycles. The van der Waals surface area contributed by atoms with Gasteiger partial charge in [-0.25, -0.2) is 26.8 Å². The van der Waals surface area contributed by atoms with Crippen molar-refractivity contribution in [1.29, 1.82) is 0 Å². The summed E-state index contributed by atoms with van der Waals surface area (Å²) in [6.45, 7) is 9.15. The van der Waals surface area contributed by atoms with Gasteiger partial charge >= 0.3 is 0 Å². The predicted molar refractivity (Wildman–Crippen MR) is 164 cm³/mol. The van der Waals surface area contributed by atoms with E-state index in [2.05, 4.69) is 29.7 Å². The summed E-state index contributed by atoms with van der Waals surface area (Å²) in [6, 6.07) is 2.56. The number of ether oxygens (including phenoxy) is 2. The number of anilines is 2. The minimum absolute atomic E-state index is 0.0279. The molecule has 4 aromatic rings. The third-order valence-corrected chi connectivity index (χ3v) is 9.14. The lowest BCUT2D eigenvalue weighted by Gasteiger charge is -2.19. The zero-order valence-electron chi connectivity index (χ0n) is 26.1. The second-order valence-corrected chi connectivity index (χ2v) is 14.1. The van der Waals surface area contributed by atoms with Crippen molar-refractivity contribution >= 4 is 37.4 Å². The van der Waals surface area contributed by atoms with Crippen molar-refractivity contribution in [2.24, 2.45) is 0 Å². The second kappa shape index (κ2) is 13.7. The molecule has 0 spiro atoms. The van der Waals surface area contributed by atoms with Crippen LogP contribution in [0.15, 0.2) is 35.7 Å². The van der Waals surface area contributed by atoms with Gasteiger partial charge in [0.2, 0.25) is 21.6 Å². The number of nitrogens with zero attached hydrogens (tertiary/aromatic N) is 7. The summed E-state index contributed by atoms with van der Waals surface area (Å²) in [7, 11) is -6.41. The van der Waals surface area contributed by atoms with E-state index in [0.717, 1.165) is 10.6 Å². The van der Waals surface area contributed by atoms with E-state index in [1.165, 1.54) is 36.9 Å². The van der Waals surface area contributed by atoms with E-state index in [1.54, 1.807) is 17.1 Å². The first kappa shape index (κ1) is 34.2. The summed E-state index contributed by atoms with van der Waals surface area (Å²) in [5.41, 5.74) is 1.31. The van der Waals surface area contributed by atoms with Crippen molar-refractivity contribution in [1.82, 2.24) is 33.7 Å². The van der Waals surface area contributed by atoms with Crippen LogP contribution in [0.1, 0.15) is 45.9 Å². The summed E-state index contributed by atoms with van der Waals surface area (Å²) in [5, 5.41) is 11.6. The first-order valence-corrected chi connectivity index (χ1v) is 17.3. The van der Waals surface area contributed by atoms with Crippen LogP contribution >= 0.6 is 0 Å². The standard InChI is InChI=1S/C27H37FN8O7S2/c1-8-41-19(5)35-15-20(14-30-35)24-25(43-17(2)3)26-32-27(33-36(26)16-29-24)31-21-10-11-22(18(4)23(21)28)45(39,40)34(6)12-9-13-42-44(7,37)38/h10-11,14-17,19H,8-9,12-13H2,1-7H3,(H,31,33). The Hall–Kier alpha value is -3.71. The average molecular weight is 669 g/mol. The van der Waals surface area contributed by atoms with Gasteiger partial charge in [0.25, 0.3) is 10.1 Å². The number of fused-ring (bicyclic) bond motifs is 1. The van der Waals surface area contributed by atoms with E-state index < -0.39 is 26.0 Å². The largest absolute Gasteiger partial charge is 0.485 e. The number of nitrogens with one attached hydrogen (secondary N) is 1. The van der Waals surface area contributed by atoms with Crippen molar-refractivity contribution < 1.29 is 34.9 Å². The Balaban J connectivity index is 1.60. The number of halogens is 1. The van der Waals surface area contributed by atoms with E-state index in [1.807, 2.05) is 27.7 Å². The quantitative estimate of drug-likeness (QED) is 0.145. The van der Waals surface area contributed by atoms with Gasteiger partial charge in [-0.2, -0.15) is 23.0 Å². The van der Waals surface area contributed by atoms with Gasteiger partial charge in [0.15, 0.2) is 11.6 Å². The number of hydrogen-bond acceptors (Lipinski definition) is 12. The van der Waals surface area contributed by atoms with Crippen LogP contribution in [0.25, 0.3) is 16.9 Å². The highest BCUT2D eigenvalue weighted by molar-refractivity contribution is 7.89. The van der Waals surface area contributed by atoms with E-state index in [-0.39, 0.29) is 54.0 Å². The summed E-state index contributed by atoms with van der Waals surface area (Å²) < 4.78 is 84.5. The van der Waals surface area contributed by atoms with Crippen LogP contribution in [0.3, 0.4) is 0 Å². The predicted octanol–water partition coefficient (Wildman–Crippen LogP) is 3.51. The van der Waals surface area contributed by atoms with Crippen LogP contribution in [0, 0.1) is 12.7 Å². The normalized spacial score (nSPS) is 13.2. The smallest absolute Gasteiger partial charge is 0.264 e. The minimum atomic E-state index is -4.09. The highest BCUT2D eigenvalue weighted by atomic mass is 32.2. The van der Waals surface area contributed by atoms with E-state index in [4.69, 9.17) is 9.47 Å². The lowest BCUT2D eigenvalue weighted by atomic mass is 10.2. The molecule has 4 rings (SSSR count). The zero-order chi connectivity index (χ0) is 33.1. The van der Waals surface area contributed by atoms with Crippen LogP contribution in [-0.2, 0) is 29.1 Å². The maximum absolute atomic E-state index is 15.5. The molecule has 45 heavy (non-hydrogen) atoms. The molecule has 0 saturated carbocycles. The molecule has 1 unspecified atom stereocenters. The lowest BCUT2D eigenvalue weighted by Crippen LogP contribution is -2.29. The Labute approximate surface area is 261 Å². The number of hydrogen-bond donors (Lipinski definition) is 1. The summed E-state index contributed by atoms with van der Waals surface area (Å²) in [4.78, 5) is 8.81. The van der Waals surface area contributed by atoms with Crippen LogP contribution in [-0.4, -0.2) is 89.7 Å². The topological polar surface area (TPSA) is 172 Å². The number of rotatable bonds is 15. The van der Waals surface area contributed by atoms with Gasteiger partial charge in [0, 0.05) is 37.5 Å². The molecule has 0 amide bonds. The second-order valence-electron chi connectivity index (χ2n) is 10.4. The highest BCUT2D eigenvalue weighted by Crippen LogP contribution is 2.34. The van der Waals surface area contributed by atoms with E-state index in [0.29, 0.717) is 29.3 Å². The Bertz CT molecular complexity index is 1880. The van der Waals surface area contributed by atoms with Gasteiger partial charge in [-0.1, -0.05) is 0 Å². The van der Waals surface area contributed by atoms with E-state index in [9.17, 15) is 16.8 Å². The SMILES string of the molecule is CCOC(C)n1cc(-c2ncn3nc(Nc4ccc(S(=O)(=O)N(C)CCCOS(C)(=O)=O)c(C)c4F)nc3c2OC(C)C)cn1. The molecule has 0 aliphatic heterocycles. The monoisotopic (exact) mass is 668 g/mol. The molecular formula is C27H37FN8O7S2. The first-order valence-electron chi connectivity index (χ1n) is 14.1. The molecular weight excluding hydrogens is 631 g/mol. The van der Waals surface area contributed by atoms with Crippen molar-refractivity contribution in [2.45, 2.75) is 58.3 Å². The molecule has 1 aromatic carbocycles. The Morgan fingerprint density at radius 3 is 2.56 bits per heavy atom. The molecule has 0 bridgehead atoms. The highest BCUT2D eigenvalue weighted by Gasteiger charge is 2.26. The van der Waals surface area contributed by atoms with Crippen LogP contribution < -0.4 is 10.1 Å². The fourth-order valence-corrected chi connectivity index (χ4v) is 6.21. The third kappa shape index (κ3) is 7.93. The average Bonchev–Trinajstić information content (AvgIpc) is 3.61. The van der Waals surface area contributed by atoms with Crippen molar-refractivity contribution in [3.05, 3.63) is 42.2 Å². The number of benzene rings is 1. The Morgan fingerprint density at radius 1 is 1.16 bits per heavy atom. The maximum atomic E-state index is 15.5. The molecule has 1 N–H and O–H groups in total. The molecule has 3 aromatic heterocycles. The lowest BCUT2D eigenvalue weighted by molar-refractivity contribution is 0.0160. The molecule has 246 valence electrons.